The largest absolute Gasteiger partial charge is 0.398 e. The number of carbonyl (C=O) groups excluding carboxylic acids is 1. The van der Waals surface area contributed by atoms with Crippen LogP contribution in [-0.2, 0) is 15.6 Å². The summed E-state index contributed by atoms with van der Waals surface area (Å²) in [5, 5.41) is 2.70. The Morgan fingerprint density at radius 2 is 1.80 bits per heavy atom. The van der Waals surface area contributed by atoms with Gasteiger partial charge >= 0.3 is 0 Å². The quantitative estimate of drug-likeness (QED) is 0.831. The van der Waals surface area contributed by atoms with Crippen molar-refractivity contribution in [3.8, 4) is 0 Å². The number of nitrogens with one attached hydrogen (secondary N) is 1. The number of hydrogen-bond donors (Lipinski definition) is 2. The molecule has 0 fully saturated rings. The maximum absolute atomic E-state index is 12.1. The SMILES string of the molecule is Nc1ccccc1S(=O)CC(=O)Nc1ccc(Br)cc1. The summed E-state index contributed by atoms with van der Waals surface area (Å²) >= 11 is 3.32. The Balaban J connectivity index is 2.00. The van der Waals surface area contributed by atoms with Gasteiger partial charge in [-0.3, -0.25) is 9.00 Å². The molecular formula is C14H13BrN2O2S. The molecule has 1 amide bonds. The van der Waals surface area contributed by atoms with Crippen molar-refractivity contribution in [2.24, 2.45) is 0 Å². The molecule has 0 heterocycles. The molecule has 0 aromatic heterocycles. The number of benzene rings is 2. The highest BCUT2D eigenvalue weighted by molar-refractivity contribution is 9.10. The Morgan fingerprint density at radius 3 is 2.45 bits per heavy atom. The fraction of sp³-hybridized carbons (Fsp3) is 0.0714. The Bertz CT molecular complexity index is 644. The zero-order chi connectivity index (χ0) is 14.5. The molecule has 1 atom stereocenters. The smallest absolute Gasteiger partial charge is 0.237 e. The van der Waals surface area contributed by atoms with Gasteiger partial charge in [0.1, 0.15) is 5.75 Å². The summed E-state index contributed by atoms with van der Waals surface area (Å²) in [6.45, 7) is 0. The number of amides is 1. The molecule has 20 heavy (non-hydrogen) atoms. The number of nitrogens with two attached hydrogens (primary N) is 1. The molecule has 0 aliphatic rings. The molecule has 6 heteroatoms. The second kappa shape index (κ2) is 6.67. The predicted molar refractivity (Wildman–Crippen MR) is 84.9 cm³/mol. The van der Waals surface area contributed by atoms with E-state index in [0.717, 1.165) is 4.47 Å². The molecule has 0 saturated carbocycles. The van der Waals surface area contributed by atoms with Gasteiger partial charge < -0.3 is 11.1 Å². The van der Waals surface area contributed by atoms with Crippen LogP contribution in [-0.4, -0.2) is 15.9 Å². The van der Waals surface area contributed by atoms with Crippen LogP contribution >= 0.6 is 15.9 Å². The normalized spacial score (nSPS) is 11.8. The summed E-state index contributed by atoms with van der Waals surface area (Å²) in [5.41, 5.74) is 6.83. The second-order valence-corrected chi connectivity index (χ2v) is 6.42. The molecule has 0 aliphatic carbocycles. The summed E-state index contributed by atoms with van der Waals surface area (Å²) < 4.78 is 13.0. The van der Waals surface area contributed by atoms with Crippen LogP contribution in [0.1, 0.15) is 0 Å². The van der Waals surface area contributed by atoms with Gasteiger partial charge in [0.05, 0.1) is 15.7 Å². The van der Waals surface area contributed by atoms with Crippen molar-refractivity contribution in [1.29, 1.82) is 0 Å². The van der Waals surface area contributed by atoms with E-state index in [2.05, 4.69) is 21.2 Å². The number of nitrogen functional groups attached to an aromatic ring is 1. The maximum Gasteiger partial charge on any atom is 0.237 e. The van der Waals surface area contributed by atoms with Gasteiger partial charge in [0.15, 0.2) is 0 Å². The third-order valence-electron chi connectivity index (χ3n) is 2.55. The van der Waals surface area contributed by atoms with E-state index in [0.29, 0.717) is 16.3 Å². The number of anilines is 2. The van der Waals surface area contributed by atoms with Gasteiger partial charge in [-0.15, -0.1) is 0 Å². The summed E-state index contributed by atoms with van der Waals surface area (Å²) in [5.74, 6) is -0.432. The van der Waals surface area contributed by atoms with E-state index in [1.165, 1.54) is 0 Å². The predicted octanol–water partition coefficient (Wildman–Crippen LogP) is 2.78. The molecule has 2 aromatic carbocycles. The molecular weight excluding hydrogens is 340 g/mol. The molecule has 1 unspecified atom stereocenters. The minimum atomic E-state index is -1.45. The highest BCUT2D eigenvalue weighted by Crippen LogP contribution is 2.17. The van der Waals surface area contributed by atoms with E-state index in [-0.39, 0.29) is 11.7 Å². The zero-order valence-corrected chi connectivity index (χ0v) is 12.9. The van der Waals surface area contributed by atoms with E-state index in [1.54, 1.807) is 36.4 Å². The standard InChI is InChI=1S/C14H13BrN2O2S/c15-10-5-7-11(8-6-10)17-14(18)9-20(19)13-4-2-1-3-12(13)16/h1-8H,9,16H2,(H,17,18). The Hall–Kier alpha value is -1.66. The van der Waals surface area contributed by atoms with E-state index in [9.17, 15) is 9.00 Å². The molecule has 0 aliphatic heterocycles. The lowest BCUT2D eigenvalue weighted by Crippen LogP contribution is -2.19. The number of para-hydroxylation sites is 1. The molecule has 4 nitrogen and oxygen atoms in total. The van der Waals surface area contributed by atoms with Crippen LogP contribution in [0.5, 0.6) is 0 Å². The lowest BCUT2D eigenvalue weighted by Gasteiger charge is -2.07. The Kier molecular flexibility index (Phi) is 4.92. The lowest BCUT2D eigenvalue weighted by molar-refractivity contribution is -0.113. The van der Waals surface area contributed by atoms with Crippen molar-refractivity contribution in [3.63, 3.8) is 0 Å². The summed E-state index contributed by atoms with van der Waals surface area (Å²) in [4.78, 5) is 12.3. The number of rotatable bonds is 4. The Morgan fingerprint density at radius 1 is 1.15 bits per heavy atom. The molecule has 0 bridgehead atoms. The van der Waals surface area contributed by atoms with E-state index in [4.69, 9.17) is 5.73 Å². The zero-order valence-electron chi connectivity index (χ0n) is 10.5. The van der Waals surface area contributed by atoms with Crippen molar-refractivity contribution in [2.45, 2.75) is 4.90 Å². The monoisotopic (exact) mass is 352 g/mol. The number of halogens is 1. The summed E-state index contributed by atoms with van der Waals surface area (Å²) in [6, 6.07) is 14.0. The first-order valence-corrected chi connectivity index (χ1v) is 7.96. The van der Waals surface area contributed by atoms with Gasteiger partial charge in [-0.1, -0.05) is 28.1 Å². The van der Waals surface area contributed by atoms with Crippen LogP contribution < -0.4 is 11.1 Å². The van der Waals surface area contributed by atoms with Gasteiger partial charge in [-0.2, -0.15) is 0 Å². The van der Waals surface area contributed by atoms with Gasteiger partial charge in [0.2, 0.25) is 5.91 Å². The molecule has 0 radical (unpaired) electrons. The molecule has 2 rings (SSSR count). The average molecular weight is 353 g/mol. The first kappa shape index (κ1) is 14.7. The van der Waals surface area contributed by atoms with Crippen LogP contribution in [0.2, 0.25) is 0 Å². The first-order valence-electron chi connectivity index (χ1n) is 5.84. The van der Waals surface area contributed by atoms with Crippen LogP contribution in [0.3, 0.4) is 0 Å². The average Bonchev–Trinajstić information content (AvgIpc) is 2.41. The van der Waals surface area contributed by atoms with Crippen molar-refractivity contribution in [3.05, 3.63) is 53.0 Å². The van der Waals surface area contributed by atoms with Gasteiger partial charge in [0.25, 0.3) is 0 Å². The van der Waals surface area contributed by atoms with E-state index < -0.39 is 10.8 Å². The third kappa shape index (κ3) is 3.91. The lowest BCUT2D eigenvalue weighted by atomic mass is 10.3. The molecule has 2 aromatic rings. The fourth-order valence-electron chi connectivity index (χ4n) is 1.61. The van der Waals surface area contributed by atoms with Gasteiger partial charge in [-0.25, -0.2) is 0 Å². The van der Waals surface area contributed by atoms with E-state index >= 15 is 0 Å². The molecule has 3 N–H and O–H groups in total. The van der Waals surface area contributed by atoms with E-state index in [1.807, 2.05) is 12.1 Å². The molecule has 0 spiro atoms. The van der Waals surface area contributed by atoms with Crippen LogP contribution in [0.15, 0.2) is 57.9 Å². The Labute approximate surface area is 128 Å². The first-order chi connectivity index (χ1) is 9.56. The van der Waals surface area contributed by atoms with Crippen molar-refractivity contribution >= 4 is 44.0 Å². The fourth-order valence-corrected chi connectivity index (χ4v) is 2.91. The second-order valence-electron chi connectivity index (χ2n) is 4.08. The topological polar surface area (TPSA) is 72.2 Å². The molecule has 0 saturated heterocycles. The number of hydrogen-bond acceptors (Lipinski definition) is 3. The van der Waals surface area contributed by atoms with Crippen LogP contribution in [0.4, 0.5) is 11.4 Å². The van der Waals surface area contributed by atoms with Crippen LogP contribution in [0, 0.1) is 0 Å². The highest BCUT2D eigenvalue weighted by atomic mass is 79.9. The summed E-state index contributed by atoms with van der Waals surface area (Å²) in [7, 11) is -1.45. The highest BCUT2D eigenvalue weighted by Gasteiger charge is 2.12. The minimum absolute atomic E-state index is 0.121. The van der Waals surface area contributed by atoms with Crippen LogP contribution in [0.25, 0.3) is 0 Å². The summed E-state index contributed by atoms with van der Waals surface area (Å²) in [6.07, 6.45) is 0. The third-order valence-corrected chi connectivity index (χ3v) is 4.47. The van der Waals surface area contributed by atoms with Gasteiger partial charge in [0, 0.05) is 15.8 Å². The van der Waals surface area contributed by atoms with Crippen molar-refractivity contribution in [1.82, 2.24) is 0 Å². The van der Waals surface area contributed by atoms with Crippen molar-refractivity contribution in [2.75, 3.05) is 16.8 Å². The minimum Gasteiger partial charge on any atom is -0.398 e. The maximum atomic E-state index is 12.1. The molecule has 104 valence electrons. The van der Waals surface area contributed by atoms with Gasteiger partial charge in [-0.05, 0) is 36.4 Å². The number of carbonyl (C=O) groups is 1. The van der Waals surface area contributed by atoms with Crippen molar-refractivity contribution < 1.29 is 9.00 Å².